The van der Waals surface area contributed by atoms with E-state index in [1.54, 1.807) is 24.3 Å². The van der Waals surface area contributed by atoms with Crippen molar-refractivity contribution in [1.29, 1.82) is 0 Å². The van der Waals surface area contributed by atoms with Crippen molar-refractivity contribution in [2.24, 2.45) is 0 Å². The van der Waals surface area contributed by atoms with Gasteiger partial charge in [-0.3, -0.25) is 4.21 Å². The molecule has 0 unspecified atom stereocenters. The Morgan fingerprint density at radius 3 is 2.22 bits per heavy atom. The van der Waals surface area contributed by atoms with Gasteiger partial charge in [0.1, 0.15) is 0 Å². The van der Waals surface area contributed by atoms with Crippen molar-refractivity contribution in [3.63, 3.8) is 0 Å². The van der Waals surface area contributed by atoms with Crippen LogP contribution in [0, 0.1) is 0 Å². The van der Waals surface area contributed by atoms with Crippen LogP contribution in [-0.2, 0) is 20.6 Å². The summed E-state index contributed by atoms with van der Waals surface area (Å²) in [5.41, 5.74) is 0.917. The van der Waals surface area contributed by atoms with Crippen molar-refractivity contribution in [3.8, 4) is 0 Å². The summed E-state index contributed by atoms with van der Waals surface area (Å²) in [4.78, 5) is 0.331. The minimum Gasteiger partial charge on any atom is -0.382 e. The zero-order valence-corrected chi connectivity index (χ0v) is 11.9. The predicted molar refractivity (Wildman–Crippen MR) is 74.1 cm³/mol. The first-order chi connectivity index (χ1) is 8.45. The van der Waals surface area contributed by atoms with Crippen LogP contribution in [0.2, 0.25) is 0 Å². The van der Waals surface area contributed by atoms with E-state index in [1.165, 1.54) is 6.26 Å². The molecule has 0 spiro atoms. The number of hydrogen-bond acceptors (Lipinski definition) is 4. The molecule has 6 heteroatoms. The standard InChI is InChI=1S/C12H17NO3S2/c1-18(15,16)12-4-2-10(3-5-12)13-11-6-8-17(14)9-7-11/h2-5,11,13H,6-9H2,1H3. The van der Waals surface area contributed by atoms with Crippen molar-refractivity contribution >= 4 is 26.3 Å². The average molecular weight is 287 g/mol. The molecule has 1 N–H and O–H groups in total. The van der Waals surface area contributed by atoms with Gasteiger partial charge >= 0.3 is 0 Å². The van der Waals surface area contributed by atoms with E-state index >= 15 is 0 Å². The molecule has 0 atom stereocenters. The molecule has 1 heterocycles. The maximum atomic E-state index is 11.3. The Kier molecular flexibility index (Phi) is 4.07. The highest BCUT2D eigenvalue weighted by Gasteiger charge is 2.17. The van der Waals surface area contributed by atoms with E-state index < -0.39 is 20.6 Å². The lowest BCUT2D eigenvalue weighted by Gasteiger charge is -2.23. The third-order valence-electron chi connectivity index (χ3n) is 3.04. The SMILES string of the molecule is CS(=O)(=O)c1ccc(NC2CCS(=O)CC2)cc1. The van der Waals surface area contributed by atoms with Gasteiger partial charge in [-0.05, 0) is 37.1 Å². The molecule has 18 heavy (non-hydrogen) atoms. The molecule has 1 aliphatic rings. The molecule has 1 aromatic carbocycles. The van der Waals surface area contributed by atoms with Gasteiger partial charge in [0.25, 0.3) is 0 Å². The van der Waals surface area contributed by atoms with Crippen LogP contribution in [0.5, 0.6) is 0 Å². The molecule has 1 aliphatic heterocycles. The monoisotopic (exact) mass is 287 g/mol. The van der Waals surface area contributed by atoms with E-state index in [9.17, 15) is 12.6 Å². The number of hydrogen-bond donors (Lipinski definition) is 1. The molecule has 2 rings (SSSR count). The van der Waals surface area contributed by atoms with Gasteiger partial charge in [0, 0.05) is 40.3 Å². The lowest BCUT2D eigenvalue weighted by molar-refractivity contribution is 0.602. The lowest BCUT2D eigenvalue weighted by Crippen LogP contribution is -2.29. The predicted octanol–water partition coefficient (Wildman–Crippen LogP) is 1.41. The van der Waals surface area contributed by atoms with Gasteiger partial charge in [-0.25, -0.2) is 8.42 Å². The summed E-state index contributed by atoms with van der Waals surface area (Å²) in [5, 5.41) is 3.35. The molecular formula is C12H17NO3S2. The van der Waals surface area contributed by atoms with E-state index in [-0.39, 0.29) is 0 Å². The molecule has 4 nitrogen and oxygen atoms in total. The Labute approximate surface area is 110 Å². The van der Waals surface area contributed by atoms with Crippen LogP contribution >= 0.6 is 0 Å². The number of benzene rings is 1. The molecular weight excluding hydrogens is 270 g/mol. The van der Waals surface area contributed by atoms with Gasteiger partial charge in [-0.2, -0.15) is 0 Å². The van der Waals surface area contributed by atoms with Crippen LogP contribution in [-0.4, -0.2) is 36.4 Å². The van der Waals surface area contributed by atoms with Gasteiger partial charge < -0.3 is 5.32 Å². The number of rotatable bonds is 3. The van der Waals surface area contributed by atoms with Crippen molar-refractivity contribution in [2.75, 3.05) is 23.1 Å². The second kappa shape index (κ2) is 5.40. The van der Waals surface area contributed by atoms with Crippen LogP contribution in [0.3, 0.4) is 0 Å². The number of nitrogens with one attached hydrogen (secondary N) is 1. The Balaban J connectivity index is 2.00. The normalized spacial score (nSPS) is 24.7. The van der Waals surface area contributed by atoms with Crippen molar-refractivity contribution < 1.29 is 12.6 Å². The first kappa shape index (κ1) is 13.5. The average Bonchev–Trinajstić information content (AvgIpc) is 2.32. The van der Waals surface area contributed by atoms with E-state index in [0.717, 1.165) is 30.0 Å². The highest BCUT2D eigenvalue weighted by Crippen LogP contribution is 2.18. The van der Waals surface area contributed by atoms with E-state index in [1.807, 2.05) is 0 Å². The summed E-state index contributed by atoms with van der Waals surface area (Å²) >= 11 is 0. The van der Waals surface area contributed by atoms with Crippen LogP contribution in [0.4, 0.5) is 5.69 Å². The maximum Gasteiger partial charge on any atom is 0.175 e. The highest BCUT2D eigenvalue weighted by molar-refractivity contribution is 7.90. The Bertz CT molecular complexity index is 527. The summed E-state index contributed by atoms with van der Waals surface area (Å²) in [6.45, 7) is 0. The third kappa shape index (κ3) is 3.55. The quantitative estimate of drug-likeness (QED) is 0.913. The summed E-state index contributed by atoms with van der Waals surface area (Å²) in [7, 11) is -3.78. The molecule has 1 aromatic rings. The van der Waals surface area contributed by atoms with Gasteiger partial charge in [-0.1, -0.05) is 0 Å². The smallest absolute Gasteiger partial charge is 0.175 e. The van der Waals surface area contributed by atoms with Crippen LogP contribution in [0.15, 0.2) is 29.2 Å². The molecule has 0 aliphatic carbocycles. The summed E-state index contributed by atoms with van der Waals surface area (Å²) < 4.78 is 33.9. The molecule has 1 saturated heterocycles. The fourth-order valence-corrected chi connectivity index (χ4v) is 3.90. The molecule has 0 aromatic heterocycles. The topological polar surface area (TPSA) is 63.2 Å². The molecule has 0 bridgehead atoms. The lowest BCUT2D eigenvalue weighted by atomic mass is 10.1. The van der Waals surface area contributed by atoms with Crippen molar-refractivity contribution in [3.05, 3.63) is 24.3 Å². The fraction of sp³-hybridized carbons (Fsp3) is 0.500. The molecule has 0 radical (unpaired) electrons. The second-order valence-electron chi connectivity index (χ2n) is 4.56. The van der Waals surface area contributed by atoms with Crippen molar-refractivity contribution in [1.82, 2.24) is 0 Å². The summed E-state index contributed by atoms with van der Waals surface area (Å²) in [5.74, 6) is 1.50. The zero-order chi connectivity index (χ0) is 13.2. The van der Waals surface area contributed by atoms with E-state index in [2.05, 4.69) is 5.32 Å². The van der Waals surface area contributed by atoms with Crippen molar-refractivity contribution in [2.45, 2.75) is 23.8 Å². The van der Waals surface area contributed by atoms with Gasteiger partial charge in [0.15, 0.2) is 9.84 Å². The number of anilines is 1. The van der Waals surface area contributed by atoms with Gasteiger partial charge in [0.05, 0.1) is 4.90 Å². The first-order valence-corrected chi connectivity index (χ1v) is 9.25. The highest BCUT2D eigenvalue weighted by atomic mass is 32.2. The van der Waals surface area contributed by atoms with E-state index in [0.29, 0.717) is 10.9 Å². The second-order valence-corrected chi connectivity index (χ2v) is 8.28. The van der Waals surface area contributed by atoms with Crippen LogP contribution < -0.4 is 5.32 Å². The largest absolute Gasteiger partial charge is 0.382 e. The summed E-state index contributed by atoms with van der Waals surface area (Å²) in [6.07, 6.45) is 3.01. The van der Waals surface area contributed by atoms with Crippen LogP contribution in [0.25, 0.3) is 0 Å². The molecule has 0 saturated carbocycles. The van der Waals surface area contributed by atoms with Gasteiger partial charge in [0.2, 0.25) is 0 Å². The van der Waals surface area contributed by atoms with Gasteiger partial charge in [-0.15, -0.1) is 0 Å². The molecule has 1 fully saturated rings. The summed E-state index contributed by atoms with van der Waals surface area (Å²) in [6, 6.07) is 7.12. The molecule has 0 amide bonds. The fourth-order valence-electron chi connectivity index (χ4n) is 1.97. The Hall–Kier alpha value is -0.880. The minimum atomic E-state index is -3.13. The Morgan fingerprint density at radius 2 is 1.72 bits per heavy atom. The zero-order valence-electron chi connectivity index (χ0n) is 10.3. The van der Waals surface area contributed by atoms with Crippen LogP contribution in [0.1, 0.15) is 12.8 Å². The molecule has 100 valence electrons. The first-order valence-electron chi connectivity index (χ1n) is 5.87. The minimum absolute atomic E-state index is 0.331. The number of sulfone groups is 1. The third-order valence-corrected chi connectivity index (χ3v) is 5.55. The Morgan fingerprint density at radius 1 is 1.17 bits per heavy atom. The maximum absolute atomic E-state index is 11.3. The van der Waals surface area contributed by atoms with E-state index in [4.69, 9.17) is 0 Å².